The molecule has 0 aliphatic rings. The van der Waals surface area contributed by atoms with Gasteiger partial charge in [-0.15, -0.1) is 0 Å². The Labute approximate surface area is 137 Å². The summed E-state index contributed by atoms with van der Waals surface area (Å²) in [5.41, 5.74) is 1.06. The first kappa shape index (κ1) is 17.6. The SMILES string of the molecule is C[C@@H](NCCOc1ccc(F)cc1F)c1ccc([S@@](C)=O)cc1. The monoisotopic (exact) mass is 339 g/mol. The van der Waals surface area contributed by atoms with Gasteiger partial charge in [0.1, 0.15) is 12.4 Å². The minimum Gasteiger partial charge on any atom is -0.489 e. The van der Waals surface area contributed by atoms with E-state index < -0.39 is 22.4 Å². The van der Waals surface area contributed by atoms with Crippen molar-refractivity contribution in [2.75, 3.05) is 19.4 Å². The Morgan fingerprint density at radius 3 is 2.48 bits per heavy atom. The standard InChI is InChI=1S/C17H19F2NO2S/c1-12(13-3-6-15(7-4-13)23(2)21)20-9-10-22-17-8-5-14(18)11-16(17)19/h3-8,11-12,20H,9-10H2,1-2H3/t12-,23-/m1/s1. The van der Waals surface area contributed by atoms with Crippen molar-refractivity contribution in [2.45, 2.75) is 17.9 Å². The van der Waals surface area contributed by atoms with Crippen LogP contribution in [0, 0.1) is 11.6 Å². The van der Waals surface area contributed by atoms with Gasteiger partial charge in [0.25, 0.3) is 0 Å². The van der Waals surface area contributed by atoms with Crippen molar-refractivity contribution in [1.29, 1.82) is 0 Å². The predicted octanol–water partition coefficient (Wildman–Crippen LogP) is 3.43. The lowest BCUT2D eigenvalue weighted by molar-refractivity contribution is 0.292. The first-order valence-corrected chi connectivity index (χ1v) is 8.78. The van der Waals surface area contributed by atoms with E-state index >= 15 is 0 Å². The molecule has 0 saturated carbocycles. The zero-order valence-electron chi connectivity index (χ0n) is 13.0. The van der Waals surface area contributed by atoms with Crippen LogP contribution in [0.25, 0.3) is 0 Å². The highest BCUT2D eigenvalue weighted by molar-refractivity contribution is 7.84. The second kappa shape index (κ2) is 8.17. The van der Waals surface area contributed by atoms with Crippen LogP contribution in [-0.4, -0.2) is 23.6 Å². The number of halogens is 2. The van der Waals surface area contributed by atoms with E-state index in [4.69, 9.17) is 4.74 Å². The zero-order valence-corrected chi connectivity index (χ0v) is 13.8. The summed E-state index contributed by atoms with van der Waals surface area (Å²) < 4.78 is 42.8. The van der Waals surface area contributed by atoms with Crippen molar-refractivity contribution in [3.8, 4) is 5.75 Å². The molecule has 0 unspecified atom stereocenters. The molecule has 0 saturated heterocycles. The molecule has 0 radical (unpaired) electrons. The number of benzene rings is 2. The van der Waals surface area contributed by atoms with E-state index in [0.717, 1.165) is 22.6 Å². The Kier molecular flexibility index (Phi) is 6.24. The van der Waals surface area contributed by atoms with Gasteiger partial charge in [-0.1, -0.05) is 12.1 Å². The van der Waals surface area contributed by atoms with Crippen LogP contribution in [-0.2, 0) is 10.8 Å². The molecule has 2 aromatic carbocycles. The maximum Gasteiger partial charge on any atom is 0.167 e. The van der Waals surface area contributed by atoms with Crippen LogP contribution >= 0.6 is 0 Å². The van der Waals surface area contributed by atoms with Crippen LogP contribution in [0.5, 0.6) is 5.75 Å². The summed E-state index contributed by atoms with van der Waals surface area (Å²) in [4.78, 5) is 0.788. The summed E-state index contributed by atoms with van der Waals surface area (Å²) in [5, 5.41) is 3.25. The predicted molar refractivity (Wildman–Crippen MR) is 87.0 cm³/mol. The largest absolute Gasteiger partial charge is 0.489 e. The van der Waals surface area contributed by atoms with E-state index in [-0.39, 0.29) is 18.4 Å². The number of rotatable bonds is 7. The van der Waals surface area contributed by atoms with Gasteiger partial charge in [-0.3, -0.25) is 4.21 Å². The quantitative estimate of drug-likeness (QED) is 0.786. The molecule has 6 heteroatoms. The summed E-state index contributed by atoms with van der Waals surface area (Å²) in [6.45, 7) is 2.78. The van der Waals surface area contributed by atoms with Gasteiger partial charge in [0.15, 0.2) is 11.6 Å². The third-order valence-corrected chi connectivity index (χ3v) is 4.35. The fourth-order valence-corrected chi connectivity index (χ4v) is 2.61. The van der Waals surface area contributed by atoms with Crippen LogP contribution in [0.2, 0.25) is 0 Å². The molecule has 2 rings (SSSR count). The molecule has 124 valence electrons. The minimum atomic E-state index is -0.985. The van der Waals surface area contributed by atoms with Crippen LogP contribution in [0.3, 0.4) is 0 Å². The number of hydrogen-bond donors (Lipinski definition) is 1. The molecule has 0 aromatic heterocycles. The Balaban J connectivity index is 1.80. The molecule has 2 aromatic rings. The lowest BCUT2D eigenvalue weighted by Crippen LogP contribution is -2.24. The van der Waals surface area contributed by atoms with Gasteiger partial charge < -0.3 is 10.1 Å². The fourth-order valence-electron chi connectivity index (χ4n) is 2.09. The highest BCUT2D eigenvalue weighted by Crippen LogP contribution is 2.18. The number of nitrogens with one attached hydrogen (secondary N) is 1. The van der Waals surface area contributed by atoms with Gasteiger partial charge >= 0.3 is 0 Å². The molecule has 0 heterocycles. The molecule has 0 bridgehead atoms. The van der Waals surface area contributed by atoms with Crippen molar-refractivity contribution in [3.05, 3.63) is 59.7 Å². The van der Waals surface area contributed by atoms with E-state index in [1.54, 1.807) is 6.26 Å². The molecule has 0 amide bonds. The van der Waals surface area contributed by atoms with Gasteiger partial charge in [0.2, 0.25) is 0 Å². The average molecular weight is 339 g/mol. The second-order valence-electron chi connectivity index (χ2n) is 5.12. The van der Waals surface area contributed by atoms with Crippen molar-refractivity contribution >= 4 is 10.8 Å². The first-order chi connectivity index (χ1) is 11.0. The Morgan fingerprint density at radius 1 is 1.17 bits per heavy atom. The maximum absolute atomic E-state index is 13.4. The first-order valence-electron chi connectivity index (χ1n) is 7.22. The molecule has 23 heavy (non-hydrogen) atoms. The Hall–Kier alpha value is -1.79. The minimum absolute atomic E-state index is 0.0376. The number of hydrogen-bond acceptors (Lipinski definition) is 3. The van der Waals surface area contributed by atoms with Gasteiger partial charge in [0.05, 0.1) is 0 Å². The van der Waals surface area contributed by atoms with Gasteiger partial charge in [-0.25, -0.2) is 8.78 Å². The molecular weight excluding hydrogens is 320 g/mol. The molecule has 3 nitrogen and oxygen atoms in total. The van der Waals surface area contributed by atoms with Crippen LogP contribution in [0.15, 0.2) is 47.4 Å². The summed E-state index contributed by atoms with van der Waals surface area (Å²) in [7, 11) is -0.985. The second-order valence-corrected chi connectivity index (χ2v) is 6.50. The summed E-state index contributed by atoms with van der Waals surface area (Å²) >= 11 is 0. The molecule has 0 aliphatic heterocycles. The summed E-state index contributed by atoms with van der Waals surface area (Å²) in [6.07, 6.45) is 1.64. The lowest BCUT2D eigenvalue weighted by Gasteiger charge is -2.15. The average Bonchev–Trinajstić information content (AvgIpc) is 2.53. The highest BCUT2D eigenvalue weighted by Gasteiger charge is 2.07. The Morgan fingerprint density at radius 2 is 1.87 bits per heavy atom. The summed E-state index contributed by atoms with van der Waals surface area (Å²) in [5.74, 6) is -1.30. The van der Waals surface area contributed by atoms with Crippen molar-refractivity contribution < 1.29 is 17.7 Å². The Bertz CT molecular complexity index is 677. The van der Waals surface area contributed by atoms with E-state index in [1.165, 1.54) is 6.07 Å². The topological polar surface area (TPSA) is 38.3 Å². The van der Waals surface area contributed by atoms with E-state index in [0.29, 0.717) is 6.54 Å². The molecule has 1 N–H and O–H groups in total. The van der Waals surface area contributed by atoms with Crippen molar-refractivity contribution in [1.82, 2.24) is 5.32 Å². The van der Waals surface area contributed by atoms with E-state index in [1.807, 2.05) is 31.2 Å². The summed E-state index contributed by atoms with van der Waals surface area (Å²) in [6, 6.07) is 10.8. The van der Waals surface area contributed by atoms with Crippen LogP contribution in [0.1, 0.15) is 18.5 Å². The van der Waals surface area contributed by atoms with E-state index in [2.05, 4.69) is 5.32 Å². The third-order valence-electron chi connectivity index (χ3n) is 3.42. The third kappa shape index (κ3) is 5.11. The fraction of sp³-hybridized carbons (Fsp3) is 0.294. The number of ether oxygens (including phenoxy) is 1. The maximum atomic E-state index is 13.4. The molecule has 2 atom stereocenters. The normalized spacial score (nSPS) is 13.6. The van der Waals surface area contributed by atoms with E-state index in [9.17, 15) is 13.0 Å². The smallest absolute Gasteiger partial charge is 0.167 e. The molecule has 0 aliphatic carbocycles. The van der Waals surface area contributed by atoms with Crippen molar-refractivity contribution in [3.63, 3.8) is 0 Å². The highest BCUT2D eigenvalue weighted by atomic mass is 32.2. The molecule has 0 fully saturated rings. The molecular formula is C17H19F2NO2S. The van der Waals surface area contributed by atoms with Crippen LogP contribution < -0.4 is 10.1 Å². The molecule has 0 spiro atoms. The van der Waals surface area contributed by atoms with Gasteiger partial charge in [-0.05, 0) is 36.8 Å². The van der Waals surface area contributed by atoms with Crippen LogP contribution in [0.4, 0.5) is 8.78 Å². The lowest BCUT2D eigenvalue weighted by atomic mass is 10.1. The zero-order chi connectivity index (χ0) is 16.8. The van der Waals surface area contributed by atoms with Crippen molar-refractivity contribution in [2.24, 2.45) is 0 Å². The van der Waals surface area contributed by atoms with Gasteiger partial charge in [0, 0.05) is 40.6 Å². The van der Waals surface area contributed by atoms with Gasteiger partial charge in [-0.2, -0.15) is 0 Å².